The number of carbonyl (C=O) groups is 2. The molecule has 0 saturated carbocycles. The zero-order valence-electron chi connectivity index (χ0n) is 13.3. The summed E-state index contributed by atoms with van der Waals surface area (Å²) >= 11 is 0. The fourth-order valence-corrected chi connectivity index (χ4v) is 2.59. The molecule has 1 atom stereocenters. The van der Waals surface area contributed by atoms with Crippen molar-refractivity contribution in [3.8, 4) is 0 Å². The molecule has 2 amide bonds. The zero-order valence-corrected chi connectivity index (χ0v) is 13.3. The molecule has 0 aromatic heterocycles. The largest absolute Gasteiger partial charge is 0.447 e. The number of amides is 2. The van der Waals surface area contributed by atoms with Crippen molar-refractivity contribution in [2.75, 3.05) is 23.4 Å². The van der Waals surface area contributed by atoms with Crippen molar-refractivity contribution in [2.45, 2.75) is 39.5 Å². The number of nitrogens with one attached hydrogen (secondary N) is 1. The maximum Gasteiger partial charge on any atom is 0.414 e. The fraction of sp³-hybridized carbons (Fsp3) is 0.529. The number of cyclic esters (lactones) is 1. The van der Waals surface area contributed by atoms with E-state index >= 15 is 0 Å². The second-order valence-corrected chi connectivity index (χ2v) is 5.55. The van der Waals surface area contributed by atoms with Crippen LogP contribution in [0, 0.1) is 5.92 Å². The Morgan fingerprint density at radius 3 is 2.86 bits per heavy atom. The molecular formula is C17H24N2O3. The first-order valence-electron chi connectivity index (χ1n) is 8.01. The SMILES string of the molecule is CCCC[C@H](CC)C(=O)Nc1cccc(N2CCOC2=O)c1. The van der Waals surface area contributed by atoms with Crippen LogP contribution in [0.25, 0.3) is 0 Å². The maximum atomic E-state index is 12.3. The Labute approximate surface area is 131 Å². The Kier molecular flexibility index (Phi) is 5.81. The highest BCUT2D eigenvalue weighted by molar-refractivity contribution is 5.94. The van der Waals surface area contributed by atoms with E-state index in [9.17, 15) is 9.59 Å². The van der Waals surface area contributed by atoms with E-state index < -0.39 is 0 Å². The van der Waals surface area contributed by atoms with E-state index in [-0.39, 0.29) is 17.9 Å². The summed E-state index contributed by atoms with van der Waals surface area (Å²) in [5, 5.41) is 2.96. The molecule has 2 rings (SSSR count). The van der Waals surface area contributed by atoms with Gasteiger partial charge in [0.25, 0.3) is 0 Å². The lowest BCUT2D eigenvalue weighted by Gasteiger charge is -2.17. The van der Waals surface area contributed by atoms with Gasteiger partial charge in [-0.2, -0.15) is 0 Å². The van der Waals surface area contributed by atoms with Gasteiger partial charge in [-0.15, -0.1) is 0 Å². The van der Waals surface area contributed by atoms with E-state index in [1.807, 2.05) is 31.2 Å². The monoisotopic (exact) mass is 304 g/mol. The van der Waals surface area contributed by atoms with Crippen molar-refractivity contribution in [3.63, 3.8) is 0 Å². The molecule has 1 aromatic rings. The summed E-state index contributed by atoms with van der Waals surface area (Å²) in [6, 6.07) is 7.34. The summed E-state index contributed by atoms with van der Waals surface area (Å²) in [4.78, 5) is 25.5. The lowest BCUT2D eigenvalue weighted by Crippen LogP contribution is -2.24. The van der Waals surface area contributed by atoms with Gasteiger partial charge in [0, 0.05) is 17.3 Å². The van der Waals surface area contributed by atoms with Crippen LogP contribution in [0.15, 0.2) is 24.3 Å². The van der Waals surface area contributed by atoms with Gasteiger partial charge in [-0.1, -0.05) is 32.8 Å². The van der Waals surface area contributed by atoms with Crippen molar-refractivity contribution in [1.82, 2.24) is 0 Å². The summed E-state index contributed by atoms with van der Waals surface area (Å²) in [6.07, 6.45) is 3.57. The Hall–Kier alpha value is -2.04. The molecule has 1 saturated heterocycles. The second kappa shape index (κ2) is 7.82. The van der Waals surface area contributed by atoms with Gasteiger partial charge in [0.2, 0.25) is 5.91 Å². The number of nitrogens with zero attached hydrogens (tertiary/aromatic N) is 1. The number of unbranched alkanes of at least 4 members (excludes halogenated alkanes) is 1. The predicted molar refractivity (Wildman–Crippen MR) is 87.1 cm³/mol. The minimum atomic E-state index is -0.335. The highest BCUT2D eigenvalue weighted by atomic mass is 16.6. The second-order valence-electron chi connectivity index (χ2n) is 5.55. The molecule has 0 radical (unpaired) electrons. The van der Waals surface area contributed by atoms with Gasteiger partial charge < -0.3 is 10.1 Å². The molecule has 0 aliphatic carbocycles. The van der Waals surface area contributed by atoms with Crippen LogP contribution in [-0.2, 0) is 9.53 Å². The van der Waals surface area contributed by atoms with Crippen molar-refractivity contribution in [1.29, 1.82) is 0 Å². The van der Waals surface area contributed by atoms with Gasteiger partial charge in [-0.05, 0) is 31.0 Å². The van der Waals surface area contributed by atoms with Gasteiger partial charge in [0.1, 0.15) is 6.61 Å². The summed E-state index contributed by atoms with van der Waals surface area (Å²) in [5.41, 5.74) is 1.47. The van der Waals surface area contributed by atoms with Crippen molar-refractivity contribution < 1.29 is 14.3 Å². The number of benzene rings is 1. The Morgan fingerprint density at radius 2 is 2.23 bits per heavy atom. The Bertz CT molecular complexity index is 530. The number of hydrogen-bond donors (Lipinski definition) is 1. The normalized spacial score (nSPS) is 15.5. The summed E-state index contributed by atoms with van der Waals surface area (Å²) in [6.45, 7) is 5.12. The topological polar surface area (TPSA) is 58.6 Å². The van der Waals surface area contributed by atoms with Crippen LogP contribution < -0.4 is 10.2 Å². The molecule has 120 valence electrons. The number of carbonyl (C=O) groups excluding carboxylic acids is 2. The molecule has 1 aromatic carbocycles. The smallest absolute Gasteiger partial charge is 0.414 e. The third-order valence-corrected chi connectivity index (χ3v) is 3.96. The average Bonchev–Trinajstić information content (AvgIpc) is 2.94. The molecule has 22 heavy (non-hydrogen) atoms. The first-order valence-corrected chi connectivity index (χ1v) is 8.01. The molecule has 0 spiro atoms. The molecule has 1 aliphatic heterocycles. The predicted octanol–water partition coefficient (Wildman–Crippen LogP) is 3.80. The Morgan fingerprint density at radius 1 is 1.41 bits per heavy atom. The van der Waals surface area contributed by atoms with Crippen LogP contribution >= 0.6 is 0 Å². The molecule has 0 bridgehead atoms. The van der Waals surface area contributed by atoms with E-state index in [1.54, 1.807) is 4.90 Å². The number of ether oxygens (including phenoxy) is 1. The third kappa shape index (κ3) is 4.00. The lowest BCUT2D eigenvalue weighted by atomic mass is 9.98. The van der Waals surface area contributed by atoms with Gasteiger partial charge in [0.05, 0.1) is 6.54 Å². The van der Waals surface area contributed by atoms with Gasteiger partial charge in [-0.3, -0.25) is 9.69 Å². The zero-order chi connectivity index (χ0) is 15.9. The van der Waals surface area contributed by atoms with Crippen molar-refractivity contribution in [2.24, 2.45) is 5.92 Å². The molecule has 1 heterocycles. The number of rotatable bonds is 7. The van der Waals surface area contributed by atoms with E-state index in [2.05, 4.69) is 12.2 Å². The van der Waals surface area contributed by atoms with E-state index in [1.165, 1.54) is 0 Å². The van der Waals surface area contributed by atoms with Gasteiger partial charge in [0.15, 0.2) is 0 Å². The fourth-order valence-electron chi connectivity index (χ4n) is 2.59. The van der Waals surface area contributed by atoms with E-state index in [0.717, 1.165) is 37.1 Å². The molecule has 1 fully saturated rings. The van der Waals surface area contributed by atoms with Crippen LogP contribution in [-0.4, -0.2) is 25.2 Å². The first kappa shape index (κ1) is 16.3. The van der Waals surface area contributed by atoms with E-state index in [4.69, 9.17) is 4.74 Å². The molecular weight excluding hydrogens is 280 g/mol. The molecule has 0 unspecified atom stereocenters. The first-order chi connectivity index (χ1) is 10.7. The summed E-state index contributed by atoms with van der Waals surface area (Å²) in [7, 11) is 0. The average molecular weight is 304 g/mol. The molecule has 1 aliphatic rings. The van der Waals surface area contributed by atoms with E-state index in [0.29, 0.717) is 13.2 Å². The molecule has 5 heteroatoms. The van der Waals surface area contributed by atoms with Crippen molar-refractivity contribution in [3.05, 3.63) is 24.3 Å². The minimum absolute atomic E-state index is 0.0420. The standard InChI is InChI=1S/C17H24N2O3/c1-3-5-7-13(4-2)16(20)18-14-8-6-9-15(12-14)19-10-11-22-17(19)21/h6,8-9,12-13H,3-5,7,10-11H2,1-2H3,(H,18,20)/t13-/m0/s1. The van der Waals surface area contributed by atoms with Crippen LogP contribution in [0.1, 0.15) is 39.5 Å². The van der Waals surface area contributed by atoms with Crippen LogP contribution in [0.2, 0.25) is 0 Å². The number of hydrogen-bond acceptors (Lipinski definition) is 3. The Balaban J connectivity index is 2.03. The highest BCUT2D eigenvalue weighted by Gasteiger charge is 2.24. The quantitative estimate of drug-likeness (QED) is 0.833. The molecule has 5 nitrogen and oxygen atoms in total. The third-order valence-electron chi connectivity index (χ3n) is 3.96. The van der Waals surface area contributed by atoms with Crippen LogP contribution in [0.3, 0.4) is 0 Å². The van der Waals surface area contributed by atoms with Crippen LogP contribution in [0.4, 0.5) is 16.2 Å². The van der Waals surface area contributed by atoms with Crippen LogP contribution in [0.5, 0.6) is 0 Å². The lowest BCUT2D eigenvalue weighted by molar-refractivity contribution is -0.120. The highest BCUT2D eigenvalue weighted by Crippen LogP contribution is 2.23. The summed E-state index contributed by atoms with van der Waals surface area (Å²) < 4.78 is 4.94. The van der Waals surface area contributed by atoms with Gasteiger partial charge >= 0.3 is 6.09 Å². The number of anilines is 2. The summed E-state index contributed by atoms with van der Waals surface area (Å²) in [5.74, 6) is 0.0949. The maximum absolute atomic E-state index is 12.3. The van der Waals surface area contributed by atoms with Gasteiger partial charge in [-0.25, -0.2) is 4.79 Å². The molecule has 1 N–H and O–H groups in total. The minimum Gasteiger partial charge on any atom is -0.447 e. The van der Waals surface area contributed by atoms with Crippen molar-refractivity contribution >= 4 is 23.4 Å².